The van der Waals surface area contributed by atoms with Crippen LogP contribution in [0.1, 0.15) is 34.6 Å². The number of pyridine rings is 2. The minimum absolute atomic E-state index is 0.0624. The van der Waals surface area contributed by atoms with Gasteiger partial charge in [0.25, 0.3) is 0 Å². The van der Waals surface area contributed by atoms with Gasteiger partial charge in [-0.15, -0.1) is 0 Å². The summed E-state index contributed by atoms with van der Waals surface area (Å²) in [6.07, 6.45) is 5.77. The third-order valence-corrected chi connectivity index (χ3v) is 6.29. The second-order valence-corrected chi connectivity index (χ2v) is 8.49. The van der Waals surface area contributed by atoms with Gasteiger partial charge in [-0.2, -0.15) is 0 Å². The maximum atomic E-state index is 5.83. The predicted octanol–water partition coefficient (Wildman–Crippen LogP) is 4.76. The van der Waals surface area contributed by atoms with E-state index in [2.05, 4.69) is 61.3 Å². The van der Waals surface area contributed by atoms with Gasteiger partial charge in [0.1, 0.15) is 11.6 Å². The molecule has 0 amide bonds. The van der Waals surface area contributed by atoms with Crippen molar-refractivity contribution < 1.29 is 4.74 Å². The number of methoxy groups -OCH3 is 1. The van der Waals surface area contributed by atoms with Crippen molar-refractivity contribution in [2.24, 2.45) is 0 Å². The molecule has 2 atom stereocenters. The number of rotatable bonds is 6. The lowest BCUT2D eigenvalue weighted by Crippen LogP contribution is -2.30. The first kappa shape index (κ1) is 21.2. The van der Waals surface area contributed by atoms with Crippen LogP contribution in [0.4, 0.5) is 0 Å². The lowest BCUT2D eigenvalue weighted by molar-refractivity contribution is 0.302. The first-order valence-electron chi connectivity index (χ1n) is 10.9. The second kappa shape index (κ2) is 9.03. The Morgan fingerprint density at radius 3 is 2.55 bits per heavy atom. The Balaban J connectivity index is 1.57. The molecule has 1 saturated heterocycles. The highest BCUT2D eigenvalue weighted by molar-refractivity contribution is 7.80. The van der Waals surface area contributed by atoms with Crippen LogP contribution in [0.2, 0.25) is 0 Å². The van der Waals surface area contributed by atoms with Gasteiger partial charge in [0, 0.05) is 30.8 Å². The van der Waals surface area contributed by atoms with Crippen molar-refractivity contribution >= 4 is 17.3 Å². The van der Waals surface area contributed by atoms with Crippen LogP contribution in [0.3, 0.4) is 0 Å². The van der Waals surface area contributed by atoms with Crippen molar-refractivity contribution in [3.05, 3.63) is 108 Å². The molecule has 4 heterocycles. The zero-order valence-electron chi connectivity index (χ0n) is 18.6. The molecule has 0 bridgehead atoms. The zero-order chi connectivity index (χ0) is 22.8. The van der Waals surface area contributed by atoms with Crippen molar-refractivity contribution in [1.29, 1.82) is 0 Å². The van der Waals surface area contributed by atoms with Crippen molar-refractivity contribution in [3.63, 3.8) is 0 Å². The van der Waals surface area contributed by atoms with E-state index >= 15 is 0 Å². The fourth-order valence-electron chi connectivity index (χ4n) is 4.27. The van der Waals surface area contributed by atoms with Crippen LogP contribution in [0.15, 0.2) is 85.3 Å². The zero-order valence-corrected chi connectivity index (χ0v) is 19.4. The second-order valence-electron chi connectivity index (χ2n) is 8.10. The van der Waals surface area contributed by atoms with Gasteiger partial charge < -0.3 is 19.5 Å². The molecule has 1 N–H and O–H groups in total. The molecule has 0 aliphatic carbocycles. The molecule has 0 saturated carbocycles. The maximum absolute atomic E-state index is 5.83. The Morgan fingerprint density at radius 1 is 1.00 bits per heavy atom. The fourth-order valence-corrected chi connectivity index (χ4v) is 4.58. The third-order valence-electron chi connectivity index (χ3n) is 5.94. The van der Waals surface area contributed by atoms with E-state index in [0.29, 0.717) is 11.7 Å². The Morgan fingerprint density at radius 2 is 1.85 bits per heavy atom. The molecule has 5 rings (SSSR count). The first-order chi connectivity index (χ1) is 16.1. The highest BCUT2D eigenvalue weighted by Crippen LogP contribution is 2.40. The molecule has 6 nitrogen and oxygen atoms in total. The summed E-state index contributed by atoms with van der Waals surface area (Å²) >= 11 is 5.83. The predicted molar refractivity (Wildman–Crippen MR) is 132 cm³/mol. The van der Waals surface area contributed by atoms with Gasteiger partial charge in [-0.25, -0.2) is 4.98 Å². The van der Waals surface area contributed by atoms with Crippen molar-refractivity contribution in [1.82, 2.24) is 24.8 Å². The summed E-state index contributed by atoms with van der Waals surface area (Å²) in [5.74, 6) is 1.71. The Labute approximate surface area is 198 Å². The van der Waals surface area contributed by atoms with Crippen LogP contribution in [-0.4, -0.2) is 31.7 Å². The maximum Gasteiger partial charge on any atom is 0.170 e. The molecule has 7 heteroatoms. The van der Waals surface area contributed by atoms with Crippen molar-refractivity contribution in [2.75, 3.05) is 7.11 Å². The minimum Gasteiger partial charge on any atom is -0.497 e. The van der Waals surface area contributed by atoms with E-state index in [1.54, 1.807) is 7.11 Å². The topological polar surface area (TPSA) is 55.2 Å². The molecule has 0 radical (unpaired) electrons. The molecule has 0 unspecified atom stereocenters. The molecule has 1 aromatic carbocycles. The third kappa shape index (κ3) is 4.19. The molecule has 166 valence electrons. The number of thiocarbonyl (C=S) groups is 1. The summed E-state index contributed by atoms with van der Waals surface area (Å²) in [5.41, 5.74) is 4.33. The number of hydrogen-bond acceptors (Lipinski definition) is 4. The number of nitrogens with one attached hydrogen (secondary N) is 1. The van der Waals surface area contributed by atoms with E-state index in [9.17, 15) is 0 Å². The molecule has 33 heavy (non-hydrogen) atoms. The Bertz CT molecular complexity index is 1240. The van der Waals surface area contributed by atoms with Gasteiger partial charge in [-0.1, -0.05) is 24.3 Å². The standard InChI is InChI=1S/C26H25N5OS/c1-18-8-13-23(28-16-18)30-15-5-7-22(30)25-24(21-6-3-4-14-27-21)29-26(33)31(25)17-19-9-11-20(32-2)12-10-19/h3-16,24-25H,17H2,1-2H3,(H,29,33)/t24-,25+/m0/s1. The van der Waals surface area contributed by atoms with Crippen LogP contribution >= 0.6 is 12.2 Å². The van der Waals surface area contributed by atoms with Gasteiger partial charge >= 0.3 is 0 Å². The number of aromatic nitrogens is 3. The van der Waals surface area contributed by atoms with Crippen LogP contribution in [0.25, 0.3) is 5.82 Å². The Hall–Kier alpha value is -3.71. The highest BCUT2D eigenvalue weighted by atomic mass is 32.1. The van der Waals surface area contributed by atoms with Crippen LogP contribution < -0.4 is 10.1 Å². The lowest BCUT2D eigenvalue weighted by atomic mass is 10.0. The van der Waals surface area contributed by atoms with Gasteiger partial charge in [0.05, 0.1) is 24.9 Å². The molecule has 1 aliphatic rings. The molecule has 0 spiro atoms. The van der Waals surface area contributed by atoms with E-state index in [-0.39, 0.29) is 12.1 Å². The molecular formula is C26H25N5OS. The van der Waals surface area contributed by atoms with E-state index in [4.69, 9.17) is 17.0 Å². The smallest absolute Gasteiger partial charge is 0.170 e. The van der Waals surface area contributed by atoms with Gasteiger partial charge in [0.2, 0.25) is 0 Å². The van der Waals surface area contributed by atoms with Crippen molar-refractivity contribution in [2.45, 2.75) is 25.6 Å². The van der Waals surface area contributed by atoms with Crippen LogP contribution in [0.5, 0.6) is 5.75 Å². The number of nitrogens with zero attached hydrogens (tertiary/aromatic N) is 4. The summed E-state index contributed by atoms with van der Waals surface area (Å²) in [5, 5.41) is 4.23. The monoisotopic (exact) mass is 455 g/mol. The molecule has 3 aromatic heterocycles. The average Bonchev–Trinajstić information content (AvgIpc) is 3.45. The van der Waals surface area contributed by atoms with E-state index < -0.39 is 0 Å². The van der Waals surface area contributed by atoms with Gasteiger partial charge in [-0.3, -0.25) is 4.98 Å². The van der Waals surface area contributed by atoms with E-state index in [0.717, 1.165) is 34.1 Å². The fraction of sp³-hybridized carbons (Fsp3) is 0.192. The normalized spacial score (nSPS) is 17.8. The van der Waals surface area contributed by atoms with Gasteiger partial charge in [-0.05, 0) is 72.7 Å². The summed E-state index contributed by atoms with van der Waals surface area (Å²) in [6, 6.07) is 22.3. The molecule has 4 aromatic rings. The Kier molecular flexibility index (Phi) is 5.79. The molecule has 1 aliphatic heterocycles. The molecular weight excluding hydrogens is 430 g/mol. The SMILES string of the molecule is COc1ccc(CN2C(=S)N[C@@H](c3ccccn3)[C@H]2c2cccn2-c2ccc(C)cn2)cc1. The largest absolute Gasteiger partial charge is 0.497 e. The van der Waals surface area contributed by atoms with Crippen LogP contribution in [-0.2, 0) is 6.54 Å². The summed E-state index contributed by atoms with van der Waals surface area (Å²) in [7, 11) is 1.68. The van der Waals surface area contributed by atoms with E-state index in [1.807, 2.05) is 55.7 Å². The van der Waals surface area contributed by atoms with Crippen molar-refractivity contribution in [3.8, 4) is 11.6 Å². The lowest BCUT2D eigenvalue weighted by Gasteiger charge is -2.29. The van der Waals surface area contributed by atoms with Crippen LogP contribution in [0, 0.1) is 6.92 Å². The van der Waals surface area contributed by atoms with E-state index in [1.165, 1.54) is 0 Å². The number of ether oxygens (including phenoxy) is 1. The minimum atomic E-state index is -0.0870. The van der Waals surface area contributed by atoms with Gasteiger partial charge in [0.15, 0.2) is 5.11 Å². The number of aryl methyl sites for hydroxylation is 1. The quantitative estimate of drug-likeness (QED) is 0.423. The molecule has 1 fully saturated rings. The number of benzene rings is 1. The number of hydrogen-bond donors (Lipinski definition) is 1. The average molecular weight is 456 g/mol. The highest BCUT2D eigenvalue weighted by Gasteiger charge is 2.41. The summed E-state index contributed by atoms with van der Waals surface area (Å²) in [6.45, 7) is 2.71. The summed E-state index contributed by atoms with van der Waals surface area (Å²) < 4.78 is 7.45. The first-order valence-corrected chi connectivity index (χ1v) is 11.3. The summed E-state index contributed by atoms with van der Waals surface area (Å²) in [4.78, 5) is 11.5.